The maximum Gasteiger partial charge on any atom is 0.325 e. The van der Waals surface area contributed by atoms with Crippen molar-refractivity contribution in [2.45, 2.75) is 25.7 Å². The second-order valence-corrected chi connectivity index (χ2v) is 7.74. The average molecular weight is 410 g/mol. The molecule has 7 heteroatoms. The summed E-state index contributed by atoms with van der Waals surface area (Å²) in [7, 11) is 3.12. The third-order valence-electron chi connectivity index (χ3n) is 5.01. The highest BCUT2D eigenvalue weighted by atomic mass is 32.1. The zero-order valence-corrected chi connectivity index (χ0v) is 17.3. The van der Waals surface area contributed by atoms with Crippen molar-refractivity contribution in [2.24, 2.45) is 0 Å². The topological polar surface area (TPSA) is 72.5 Å². The van der Waals surface area contributed by atoms with Crippen molar-refractivity contribution in [1.29, 1.82) is 0 Å². The molecule has 2 aromatic carbocycles. The SMILES string of the molecule is COc1ccc(NC(=O)Nc2nc(-c3ccc4c(c3)CCCC4)cs2)cc1OC. The Morgan fingerprint density at radius 2 is 1.76 bits per heavy atom. The van der Waals surface area contributed by atoms with Crippen LogP contribution in [0.3, 0.4) is 0 Å². The van der Waals surface area contributed by atoms with Crippen LogP contribution in [0.2, 0.25) is 0 Å². The lowest BCUT2D eigenvalue weighted by molar-refractivity contribution is 0.262. The molecule has 2 amide bonds. The van der Waals surface area contributed by atoms with Crippen molar-refractivity contribution in [1.82, 2.24) is 4.98 Å². The van der Waals surface area contributed by atoms with Crippen LogP contribution in [-0.4, -0.2) is 25.2 Å². The van der Waals surface area contributed by atoms with Crippen molar-refractivity contribution >= 4 is 28.2 Å². The van der Waals surface area contributed by atoms with Crippen LogP contribution in [-0.2, 0) is 12.8 Å². The fraction of sp³-hybridized carbons (Fsp3) is 0.273. The monoisotopic (exact) mass is 409 g/mol. The second kappa shape index (κ2) is 8.53. The lowest BCUT2D eigenvalue weighted by Crippen LogP contribution is -2.19. The summed E-state index contributed by atoms with van der Waals surface area (Å²) < 4.78 is 10.5. The van der Waals surface area contributed by atoms with Gasteiger partial charge in [-0.2, -0.15) is 0 Å². The molecule has 0 saturated carbocycles. The van der Waals surface area contributed by atoms with Crippen LogP contribution in [0, 0.1) is 0 Å². The quantitative estimate of drug-likeness (QED) is 0.596. The van der Waals surface area contributed by atoms with E-state index in [-0.39, 0.29) is 6.03 Å². The molecule has 1 heterocycles. The van der Waals surface area contributed by atoms with Crippen LogP contribution in [0.15, 0.2) is 41.8 Å². The van der Waals surface area contributed by atoms with Crippen LogP contribution >= 0.6 is 11.3 Å². The summed E-state index contributed by atoms with van der Waals surface area (Å²) in [6.07, 6.45) is 4.81. The second-order valence-electron chi connectivity index (χ2n) is 6.88. The molecule has 1 aliphatic carbocycles. The molecule has 0 aliphatic heterocycles. The number of aryl methyl sites for hydroxylation is 2. The Balaban J connectivity index is 1.43. The van der Waals surface area contributed by atoms with Crippen molar-refractivity contribution in [3.63, 3.8) is 0 Å². The van der Waals surface area contributed by atoms with E-state index in [1.54, 1.807) is 32.4 Å². The number of carbonyl (C=O) groups excluding carboxylic acids is 1. The predicted molar refractivity (Wildman–Crippen MR) is 116 cm³/mol. The first-order chi connectivity index (χ1) is 14.2. The average Bonchev–Trinajstić information content (AvgIpc) is 3.21. The van der Waals surface area contributed by atoms with E-state index >= 15 is 0 Å². The van der Waals surface area contributed by atoms with Crippen LogP contribution < -0.4 is 20.1 Å². The van der Waals surface area contributed by atoms with Gasteiger partial charge in [0.2, 0.25) is 0 Å². The number of carbonyl (C=O) groups is 1. The highest BCUT2D eigenvalue weighted by Gasteiger charge is 2.13. The van der Waals surface area contributed by atoms with E-state index in [0.29, 0.717) is 22.3 Å². The number of methoxy groups -OCH3 is 2. The Labute approximate surface area is 173 Å². The molecular weight excluding hydrogens is 386 g/mol. The van der Waals surface area contributed by atoms with Gasteiger partial charge in [-0.05, 0) is 55.0 Å². The van der Waals surface area contributed by atoms with E-state index in [9.17, 15) is 4.79 Å². The van der Waals surface area contributed by atoms with Crippen LogP contribution in [0.4, 0.5) is 15.6 Å². The molecule has 2 N–H and O–H groups in total. The Morgan fingerprint density at radius 3 is 2.55 bits per heavy atom. The highest BCUT2D eigenvalue weighted by molar-refractivity contribution is 7.14. The third kappa shape index (κ3) is 4.35. The number of thiazole rings is 1. The molecule has 0 unspecified atom stereocenters. The van der Waals surface area contributed by atoms with Gasteiger partial charge in [0.25, 0.3) is 0 Å². The van der Waals surface area contributed by atoms with Crippen molar-refractivity contribution < 1.29 is 14.3 Å². The summed E-state index contributed by atoms with van der Waals surface area (Å²) in [6, 6.07) is 11.4. The van der Waals surface area contributed by atoms with E-state index in [4.69, 9.17) is 9.47 Å². The molecule has 1 aliphatic rings. The van der Waals surface area contributed by atoms with E-state index in [0.717, 1.165) is 24.1 Å². The van der Waals surface area contributed by atoms with Gasteiger partial charge < -0.3 is 14.8 Å². The number of anilines is 2. The minimum absolute atomic E-state index is 0.358. The summed E-state index contributed by atoms with van der Waals surface area (Å²) >= 11 is 1.41. The van der Waals surface area contributed by atoms with E-state index in [1.807, 2.05) is 5.38 Å². The van der Waals surface area contributed by atoms with Gasteiger partial charge in [0.15, 0.2) is 16.6 Å². The van der Waals surface area contributed by atoms with Gasteiger partial charge in [-0.15, -0.1) is 11.3 Å². The van der Waals surface area contributed by atoms with Gasteiger partial charge in [0.05, 0.1) is 19.9 Å². The molecule has 29 heavy (non-hydrogen) atoms. The summed E-state index contributed by atoms with van der Waals surface area (Å²) in [5, 5.41) is 8.10. The molecule has 3 aromatic rings. The van der Waals surface area contributed by atoms with Crippen molar-refractivity contribution in [3.8, 4) is 22.8 Å². The standard InChI is InChI=1S/C22H23N3O3S/c1-27-19-10-9-17(12-20(19)28-2)23-21(26)25-22-24-18(13-29-22)16-8-7-14-5-3-4-6-15(14)11-16/h7-13H,3-6H2,1-2H3,(H2,23,24,25,26). The number of nitrogens with zero attached hydrogens (tertiary/aromatic N) is 1. The molecule has 0 atom stereocenters. The first kappa shape index (κ1) is 19.3. The molecular formula is C22H23N3O3S. The fourth-order valence-electron chi connectivity index (χ4n) is 3.53. The van der Waals surface area contributed by atoms with Gasteiger partial charge in [-0.1, -0.05) is 12.1 Å². The Kier molecular flexibility index (Phi) is 5.67. The third-order valence-corrected chi connectivity index (χ3v) is 5.77. The Morgan fingerprint density at radius 1 is 0.966 bits per heavy atom. The number of urea groups is 1. The number of rotatable bonds is 5. The van der Waals surface area contributed by atoms with E-state index in [2.05, 4.69) is 33.8 Å². The summed E-state index contributed by atoms with van der Waals surface area (Å²) in [4.78, 5) is 16.9. The largest absolute Gasteiger partial charge is 0.493 e. The first-order valence-corrected chi connectivity index (χ1v) is 10.4. The zero-order chi connectivity index (χ0) is 20.2. The van der Waals surface area contributed by atoms with E-state index in [1.165, 1.54) is 35.3 Å². The lowest BCUT2D eigenvalue weighted by Gasteiger charge is -2.16. The van der Waals surface area contributed by atoms with Gasteiger partial charge in [0, 0.05) is 22.7 Å². The minimum atomic E-state index is -0.358. The van der Waals surface area contributed by atoms with Gasteiger partial charge in [0.1, 0.15) is 0 Å². The Bertz CT molecular complexity index is 1030. The number of ether oxygens (including phenoxy) is 2. The summed E-state index contributed by atoms with van der Waals surface area (Å²) in [5.41, 5.74) is 5.44. The normalized spacial score (nSPS) is 12.8. The van der Waals surface area contributed by atoms with Gasteiger partial charge >= 0.3 is 6.03 Å². The number of hydrogen-bond donors (Lipinski definition) is 2. The Hall–Kier alpha value is -3.06. The fourth-order valence-corrected chi connectivity index (χ4v) is 4.24. The van der Waals surface area contributed by atoms with Crippen LogP contribution in [0.25, 0.3) is 11.3 Å². The summed E-state index contributed by atoms with van der Waals surface area (Å²) in [6.45, 7) is 0. The highest BCUT2D eigenvalue weighted by Crippen LogP contribution is 2.31. The molecule has 1 aromatic heterocycles. The molecule has 0 spiro atoms. The maximum absolute atomic E-state index is 12.3. The van der Waals surface area contributed by atoms with Gasteiger partial charge in [-0.25, -0.2) is 9.78 Å². The number of amides is 2. The molecule has 150 valence electrons. The predicted octanol–water partition coefficient (Wildman–Crippen LogP) is 5.35. The molecule has 6 nitrogen and oxygen atoms in total. The number of aromatic nitrogens is 1. The number of benzene rings is 2. The van der Waals surface area contributed by atoms with Crippen molar-refractivity contribution in [3.05, 3.63) is 52.9 Å². The summed E-state index contributed by atoms with van der Waals surface area (Å²) in [5.74, 6) is 1.15. The van der Waals surface area contributed by atoms with E-state index < -0.39 is 0 Å². The number of hydrogen-bond acceptors (Lipinski definition) is 5. The molecule has 0 bridgehead atoms. The van der Waals surface area contributed by atoms with Crippen molar-refractivity contribution in [2.75, 3.05) is 24.9 Å². The molecule has 0 radical (unpaired) electrons. The number of nitrogens with one attached hydrogen (secondary N) is 2. The molecule has 0 fully saturated rings. The molecule has 0 saturated heterocycles. The number of fused-ring (bicyclic) bond motifs is 1. The smallest absolute Gasteiger partial charge is 0.325 e. The zero-order valence-electron chi connectivity index (χ0n) is 16.5. The molecule has 4 rings (SSSR count). The van der Waals surface area contributed by atoms with Crippen LogP contribution in [0.5, 0.6) is 11.5 Å². The lowest BCUT2D eigenvalue weighted by atomic mass is 9.90. The minimum Gasteiger partial charge on any atom is -0.493 e. The maximum atomic E-state index is 12.3. The van der Waals surface area contributed by atoms with Crippen LogP contribution in [0.1, 0.15) is 24.0 Å². The van der Waals surface area contributed by atoms with Gasteiger partial charge in [-0.3, -0.25) is 5.32 Å². The first-order valence-electron chi connectivity index (χ1n) is 9.54.